The average Bonchev–Trinajstić information content (AvgIpc) is 2.82. The molecule has 0 N–H and O–H groups in total. The molecule has 1 heteroatoms. The first-order chi connectivity index (χ1) is 16.8. The highest BCUT2D eigenvalue weighted by molar-refractivity contribution is 6.96. The van der Waals surface area contributed by atoms with E-state index in [1.165, 1.54) is 71.7 Å². The lowest BCUT2D eigenvalue weighted by molar-refractivity contribution is 1.34. The fourth-order valence-corrected chi connectivity index (χ4v) is 6.10. The minimum absolute atomic E-state index is 0.206. The molecular formula is C34H33B. The second-order valence-electron chi connectivity index (χ2n) is 10.2. The van der Waals surface area contributed by atoms with Crippen LogP contribution in [0.3, 0.4) is 0 Å². The van der Waals surface area contributed by atoms with Crippen molar-refractivity contribution in [1.82, 2.24) is 0 Å². The lowest BCUT2D eigenvalue weighted by Gasteiger charge is -2.25. The van der Waals surface area contributed by atoms with Gasteiger partial charge in [-0.05, 0) is 63.4 Å². The molecule has 0 radical (unpaired) electrons. The van der Waals surface area contributed by atoms with Gasteiger partial charge in [-0.3, -0.25) is 0 Å². The van der Waals surface area contributed by atoms with Crippen LogP contribution in [0.15, 0.2) is 91.0 Å². The van der Waals surface area contributed by atoms with Gasteiger partial charge in [0.25, 0.3) is 0 Å². The second-order valence-corrected chi connectivity index (χ2v) is 10.2. The minimum atomic E-state index is 0.206. The molecule has 35 heavy (non-hydrogen) atoms. The smallest absolute Gasteiger partial charge is 0.0686 e. The molecule has 0 saturated carbocycles. The molecule has 0 saturated heterocycles. The van der Waals surface area contributed by atoms with Gasteiger partial charge in [0.05, 0.1) is 0 Å². The van der Waals surface area contributed by atoms with Crippen LogP contribution < -0.4 is 16.4 Å². The molecule has 0 bridgehead atoms. The van der Waals surface area contributed by atoms with Gasteiger partial charge >= 0.3 is 0 Å². The molecule has 0 aliphatic carbocycles. The number of hydrogen-bond donors (Lipinski definition) is 0. The maximum absolute atomic E-state index is 2.35. The summed E-state index contributed by atoms with van der Waals surface area (Å²) in [6.07, 6.45) is 0. The van der Waals surface area contributed by atoms with Crippen molar-refractivity contribution in [3.8, 4) is 11.1 Å². The van der Waals surface area contributed by atoms with Crippen molar-refractivity contribution < 1.29 is 0 Å². The molecule has 0 aromatic heterocycles. The third-order valence-electron chi connectivity index (χ3n) is 7.40. The predicted molar refractivity (Wildman–Crippen MR) is 155 cm³/mol. The van der Waals surface area contributed by atoms with E-state index in [1.54, 1.807) is 0 Å². The Hall–Kier alpha value is -3.58. The molecule has 5 aromatic carbocycles. The van der Waals surface area contributed by atoms with Gasteiger partial charge < -0.3 is 0 Å². The summed E-state index contributed by atoms with van der Waals surface area (Å²) in [7, 11) is 0. The van der Waals surface area contributed by atoms with E-state index in [9.17, 15) is 0 Å². The predicted octanol–water partition coefficient (Wildman–Crippen LogP) is 6.87. The van der Waals surface area contributed by atoms with E-state index < -0.39 is 0 Å². The Balaban J connectivity index is 1.70. The van der Waals surface area contributed by atoms with Crippen LogP contribution in [-0.2, 0) is 0 Å². The van der Waals surface area contributed by atoms with Crippen molar-refractivity contribution in [3.63, 3.8) is 0 Å². The van der Waals surface area contributed by atoms with Gasteiger partial charge in [-0.2, -0.15) is 0 Å². The maximum atomic E-state index is 2.35. The van der Waals surface area contributed by atoms with Crippen LogP contribution >= 0.6 is 0 Å². The monoisotopic (exact) mass is 452 g/mol. The third-order valence-corrected chi connectivity index (χ3v) is 7.40. The zero-order chi connectivity index (χ0) is 24.7. The summed E-state index contributed by atoms with van der Waals surface area (Å²) in [4.78, 5) is 0. The molecule has 172 valence electrons. The van der Waals surface area contributed by atoms with Crippen LogP contribution in [0.25, 0.3) is 21.9 Å². The van der Waals surface area contributed by atoms with Crippen LogP contribution in [-0.4, -0.2) is 6.71 Å². The van der Waals surface area contributed by atoms with Crippen molar-refractivity contribution >= 4 is 33.9 Å². The van der Waals surface area contributed by atoms with E-state index >= 15 is 0 Å². The van der Waals surface area contributed by atoms with Crippen LogP contribution in [0.4, 0.5) is 0 Å². The number of fused-ring (bicyclic) bond motifs is 1. The standard InChI is InChI=1S/C34H33B/c1-22-18-24(3)33(25(4)19-22)35(34-26(5)20-23(2)21-27(34)6)30-16-14-29(15-17-30)32-13-9-11-28-10-7-8-12-31(28)32/h7-21H,1-6H3. The highest BCUT2D eigenvalue weighted by Gasteiger charge is 2.28. The summed E-state index contributed by atoms with van der Waals surface area (Å²) in [5.74, 6) is 0. The summed E-state index contributed by atoms with van der Waals surface area (Å²) in [6, 6.07) is 33.9. The molecule has 0 aliphatic rings. The van der Waals surface area contributed by atoms with Gasteiger partial charge in [-0.15, -0.1) is 0 Å². The third kappa shape index (κ3) is 4.32. The quantitative estimate of drug-likeness (QED) is 0.261. The molecule has 5 rings (SSSR count). The Morgan fingerprint density at radius 2 is 0.971 bits per heavy atom. The van der Waals surface area contributed by atoms with Crippen LogP contribution in [0, 0.1) is 41.5 Å². The van der Waals surface area contributed by atoms with Gasteiger partial charge in [0, 0.05) is 0 Å². The zero-order valence-electron chi connectivity index (χ0n) is 21.7. The zero-order valence-corrected chi connectivity index (χ0v) is 21.7. The first-order valence-corrected chi connectivity index (χ1v) is 12.6. The van der Waals surface area contributed by atoms with Gasteiger partial charge in [0.15, 0.2) is 0 Å². The van der Waals surface area contributed by atoms with Gasteiger partial charge in [-0.25, -0.2) is 0 Å². The van der Waals surface area contributed by atoms with E-state index in [1.807, 2.05) is 0 Å². The molecule has 0 unspecified atom stereocenters. The summed E-state index contributed by atoms with van der Waals surface area (Å²) < 4.78 is 0. The Kier molecular flexibility index (Phi) is 6.11. The normalized spacial score (nSPS) is 11.1. The number of aryl methyl sites for hydroxylation is 6. The Morgan fingerprint density at radius 3 is 1.51 bits per heavy atom. The summed E-state index contributed by atoms with van der Waals surface area (Å²) in [6.45, 7) is 13.7. The van der Waals surface area contributed by atoms with Gasteiger partial charge in [0.1, 0.15) is 0 Å². The van der Waals surface area contributed by atoms with Gasteiger partial charge in [0.2, 0.25) is 6.71 Å². The highest BCUT2D eigenvalue weighted by atomic mass is 14.1. The SMILES string of the molecule is Cc1cc(C)c(B(c2ccc(-c3cccc4ccccc34)cc2)c2c(C)cc(C)cc2C)c(C)c1. The molecule has 0 nitrogen and oxygen atoms in total. The van der Waals surface area contributed by atoms with E-state index in [-0.39, 0.29) is 6.71 Å². The number of hydrogen-bond acceptors (Lipinski definition) is 0. The number of benzene rings is 5. The molecule has 5 aromatic rings. The molecule has 0 atom stereocenters. The summed E-state index contributed by atoms with van der Waals surface area (Å²) in [5.41, 5.74) is 14.9. The minimum Gasteiger partial charge on any atom is -0.0686 e. The first-order valence-electron chi connectivity index (χ1n) is 12.6. The van der Waals surface area contributed by atoms with E-state index in [0.29, 0.717) is 0 Å². The fraction of sp³-hybridized carbons (Fsp3) is 0.176. The molecule has 0 spiro atoms. The van der Waals surface area contributed by atoms with Crippen molar-refractivity contribution in [3.05, 3.63) is 124 Å². The van der Waals surface area contributed by atoms with Crippen molar-refractivity contribution in [2.45, 2.75) is 41.5 Å². The average molecular weight is 452 g/mol. The molecule has 0 aliphatic heterocycles. The van der Waals surface area contributed by atoms with Crippen molar-refractivity contribution in [1.29, 1.82) is 0 Å². The van der Waals surface area contributed by atoms with Crippen molar-refractivity contribution in [2.24, 2.45) is 0 Å². The maximum Gasteiger partial charge on any atom is 0.242 e. The molecular weight excluding hydrogens is 419 g/mol. The lowest BCUT2D eigenvalue weighted by Crippen LogP contribution is -2.55. The van der Waals surface area contributed by atoms with E-state index in [0.717, 1.165) is 0 Å². The second kappa shape index (κ2) is 9.23. The fourth-order valence-electron chi connectivity index (χ4n) is 6.10. The largest absolute Gasteiger partial charge is 0.242 e. The van der Waals surface area contributed by atoms with Crippen molar-refractivity contribution in [2.75, 3.05) is 0 Å². The first kappa shape index (κ1) is 23.2. The van der Waals surface area contributed by atoms with E-state index in [4.69, 9.17) is 0 Å². The summed E-state index contributed by atoms with van der Waals surface area (Å²) >= 11 is 0. The lowest BCUT2D eigenvalue weighted by atomic mass is 9.34. The van der Waals surface area contributed by atoms with Crippen LogP contribution in [0.1, 0.15) is 33.4 Å². The highest BCUT2D eigenvalue weighted by Crippen LogP contribution is 2.28. The Morgan fingerprint density at radius 1 is 0.486 bits per heavy atom. The molecule has 0 amide bonds. The molecule has 0 fully saturated rings. The Labute approximate surface area is 210 Å². The van der Waals surface area contributed by atoms with Gasteiger partial charge in [-0.1, -0.05) is 141 Å². The van der Waals surface area contributed by atoms with E-state index in [2.05, 4.69) is 133 Å². The topological polar surface area (TPSA) is 0 Å². The number of rotatable bonds is 4. The molecule has 0 heterocycles. The van der Waals surface area contributed by atoms with Crippen LogP contribution in [0.5, 0.6) is 0 Å². The Bertz CT molecular complexity index is 1430. The summed E-state index contributed by atoms with van der Waals surface area (Å²) in [5, 5.41) is 2.58. The van der Waals surface area contributed by atoms with Crippen LogP contribution in [0.2, 0.25) is 0 Å².